The third-order valence-electron chi connectivity index (χ3n) is 11.7. The van der Waals surface area contributed by atoms with E-state index in [0.29, 0.717) is 23.5 Å². The number of primary amides is 1. The number of carbonyl (C=O) groups excluding carboxylic acids is 2. The first kappa shape index (κ1) is 24.4. The van der Waals surface area contributed by atoms with Gasteiger partial charge < -0.3 is 16.2 Å². The van der Waals surface area contributed by atoms with E-state index in [9.17, 15) is 14.7 Å². The molecular formula is C30H42N2O3. The summed E-state index contributed by atoms with van der Waals surface area (Å²) >= 11 is 0. The molecule has 190 valence electrons. The number of urea groups is 1. The lowest BCUT2D eigenvalue weighted by Gasteiger charge is -2.70. The molecule has 5 aliphatic carbocycles. The Morgan fingerprint density at radius 1 is 1.06 bits per heavy atom. The maximum absolute atomic E-state index is 12.6. The highest BCUT2D eigenvalue weighted by atomic mass is 16.3. The van der Waals surface area contributed by atoms with E-state index < -0.39 is 6.03 Å². The van der Waals surface area contributed by atoms with Crippen LogP contribution in [0.4, 0.5) is 4.79 Å². The van der Waals surface area contributed by atoms with Crippen molar-refractivity contribution >= 4 is 11.8 Å². The number of carbonyl (C=O) groups is 2. The number of hydrogen-bond donors (Lipinski definition) is 3. The zero-order valence-corrected chi connectivity index (χ0v) is 22.3. The molecule has 6 atom stereocenters. The average Bonchev–Trinajstić information content (AvgIpc) is 2.80. The largest absolute Gasteiger partial charge is 0.504 e. The van der Waals surface area contributed by atoms with Gasteiger partial charge in [0.2, 0.25) is 5.78 Å². The lowest BCUT2D eigenvalue weighted by molar-refractivity contribution is -0.160. The van der Waals surface area contributed by atoms with E-state index in [1.807, 2.05) is 6.92 Å². The minimum absolute atomic E-state index is 0.0164. The van der Waals surface area contributed by atoms with Crippen molar-refractivity contribution in [3.05, 3.63) is 46.3 Å². The second-order valence-electron chi connectivity index (χ2n) is 13.6. The average molecular weight is 479 g/mol. The number of aliphatic hydroxyl groups is 1. The predicted octanol–water partition coefficient (Wildman–Crippen LogP) is 6.28. The van der Waals surface area contributed by atoms with Gasteiger partial charge in [0.15, 0.2) is 5.76 Å². The molecule has 2 amide bonds. The molecule has 0 radical (unpaired) electrons. The molecule has 5 rings (SSSR count). The van der Waals surface area contributed by atoms with E-state index in [4.69, 9.17) is 5.73 Å². The normalized spacial score (nSPS) is 44.7. The van der Waals surface area contributed by atoms with Gasteiger partial charge in [-0.3, -0.25) is 4.79 Å². The molecule has 0 aromatic heterocycles. The SMILES string of the molecule is CC1=C(O)C(=O)C=C2C1=CC=C1[C@@]2(C)CC[C@@]2(C)[C@@H]3C[C@](C)(CNC(N)=O)CC[C@]3(C)CC[C@]12C. The van der Waals surface area contributed by atoms with Gasteiger partial charge >= 0.3 is 6.03 Å². The minimum Gasteiger partial charge on any atom is -0.504 e. The van der Waals surface area contributed by atoms with Crippen LogP contribution in [0.1, 0.15) is 86.5 Å². The summed E-state index contributed by atoms with van der Waals surface area (Å²) in [6, 6.07) is -0.437. The number of aliphatic hydroxyl groups excluding tert-OH is 1. The molecule has 5 aliphatic rings. The van der Waals surface area contributed by atoms with Crippen LogP contribution in [0.5, 0.6) is 0 Å². The second kappa shape index (κ2) is 7.36. The van der Waals surface area contributed by atoms with Crippen LogP contribution < -0.4 is 11.1 Å². The van der Waals surface area contributed by atoms with Crippen molar-refractivity contribution in [3.8, 4) is 0 Å². The molecule has 0 spiro atoms. The first-order chi connectivity index (χ1) is 16.2. The highest BCUT2D eigenvalue weighted by molar-refractivity contribution is 6.06. The van der Waals surface area contributed by atoms with Gasteiger partial charge in [0, 0.05) is 17.5 Å². The molecule has 0 unspecified atom stereocenters. The summed E-state index contributed by atoms with van der Waals surface area (Å²) in [6.45, 7) is 14.6. The molecule has 35 heavy (non-hydrogen) atoms. The van der Waals surface area contributed by atoms with Crippen molar-refractivity contribution in [1.29, 1.82) is 0 Å². The number of rotatable bonds is 2. The Bertz CT molecular complexity index is 1140. The zero-order valence-electron chi connectivity index (χ0n) is 22.3. The summed E-state index contributed by atoms with van der Waals surface area (Å²) in [4.78, 5) is 24.1. The Hall–Kier alpha value is -2.30. The van der Waals surface area contributed by atoms with Gasteiger partial charge in [-0.05, 0) is 96.7 Å². The van der Waals surface area contributed by atoms with E-state index in [-0.39, 0.29) is 33.2 Å². The van der Waals surface area contributed by atoms with Crippen LogP contribution in [-0.4, -0.2) is 23.5 Å². The van der Waals surface area contributed by atoms with Crippen molar-refractivity contribution in [1.82, 2.24) is 5.32 Å². The topological polar surface area (TPSA) is 92.4 Å². The molecule has 0 aromatic rings. The fourth-order valence-electron chi connectivity index (χ4n) is 8.99. The maximum atomic E-state index is 12.6. The first-order valence-electron chi connectivity index (χ1n) is 13.3. The molecule has 4 N–H and O–H groups in total. The Labute approximate surface area is 210 Å². The summed E-state index contributed by atoms with van der Waals surface area (Å²) in [6.07, 6.45) is 14.0. The number of fused-ring (bicyclic) bond motifs is 7. The van der Waals surface area contributed by atoms with Crippen molar-refractivity contribution in [3.63, 3.8) is 0 Å². The number of ketones is 1. The maximum Gasteiger partial charge on any atom is 0.312 e. The van der Waals surface area contributed by atoms with E-state index in [1.54, 1.807) is 6.08 Å². The Morgan fingerprint density at radius 3 is 2.43 bits per heavy atom. The summed E-state index contributed by atoms with van der Waals surface area (Å²) in [5, 5.41) is 13.2. The van der Waals surface area contributed by atoms with Crippen LogP contribution in [0.15, 0.2) is 46.3 Å². The molecular weight excluding hydrogens is 436 g/mol. The smallest absolute Gasteiger partial charge is 0.312 e. The number of nitrogens with one attached hydrogen (secondary N) is 1. The third kappa shape index (κ3) is 3.18. The zero-order chi connectivity index (χ0) is 25.6. The molecule has 0 aromatic carbocycles. The van der Waals surface area contributed by atoms with Gasteiger partial charge in [-0.2, -0.15) is 0 Å². The van der Waals surface area contributed by atoms with Crippen molar-refractivity contribution in [2.24, 2.45) is 38.7 Å². The molecule has 3 saturated carbocycles. The quantitative estimate of drug-likeness (QED) is 0.436. The highest BCUT2D eigenvalue weighted by Gasteiger charge is 2.66. The van der Waals surface area contributed by atoms with E-state index in [1.165, 1.54) is 18.4 Å². The molecule has 0 aliphatic heterocycles. The summed E-state index contributed by atoms with van der Waals surface area (Å²) in [7, 11) is 0. The van der Waals surface area contributed by atoms with Crippen LogP contribution in [0, 0.1) is 33.0 Å². The molecule has 3 fully saturated rings. The molecule has 0 heterocycles. The number of amides is 2. The van der Waals surface area contributed by atoms with Crippen LogP contribution in [0.25, 0.3) is 0 Å². The standard InChI is InChI=1S/C30H42N2O3/c1-18-19-7-8-22-28(4,20(19)15-21(33)24(18)34)12-14-30(6)23-16-26(2,17-32-25(31)35)9-10-27(23,3)11-13-29(22,30)5/h7-8,15,23,34H,9-14,16-17H2,1-6H3,(H3,31,32,35)/t23-,26-,27-,28+,29-,30+/m1/s1. The number of allylic oxidation sites excluding steroid dienone is 7. The first-order valence-corrected chi connectivity index (χ1v) is 13.3. The fourth-order valence-corrected chi connectivity index (χ4v) is 8.99. The van der Waals surface area contributed by atoms with Gasteiger partial charge in [-0.15, -0.1) is 0 Å². The van der Waals surface area contributed by atoms with Crippen LogP contribution >= 0.6 is 0 Å². The second-order valence-corrected chi connectivity index (χ2v) is 13.6. The van der Waals surface area contributed by atoms with E-state index in [2.05, 4.69) is 52.1 Å². The number of nitrogens with two attached hydrogens (primary N) is 1. The molecule has 5 heteroatoms. The van der Waals surface area contributed by atoms with Gasteiger partial charge in [0.1, 0.15) is 0 Å². The number of hydrogen-bond acceptors (Lipinski definition) is 3. The van der Waals surface area contributed by atoms with Gasteiger partial charge in [0.25, 0.3) is 0 Å². The van der Waals surface area contributed by atoms with Gasteiger partial charge in [-0.25, -0.2) is 4.79 Å². The van der Waals surface area contributed by atoms with Gasteiger partial charge in [0.05, 0.1) is 0 Å². The van der Waals surface area contributed by atoms with Crippen LogP contribution in [-0.2, 0) is 4.79 Å². The van der Waals surface area contributed by atoms with E-state index in [0.717, 1.165) is 43.3 Å². The third-order valence-corrected chi connectivity index (χ3v) is 11.7. The molecule has 0 saturated heterocycles. The lowest BCUT2D eigenvalue weighted by atomic mass is 9.34. The lowest BCUT2D eigenvalue weighted by Crippen LogP contribution is -2.62. The van der Waals surface area contributed by atoms with Crippen molar-refractivity contribution in [2.45, 2.75) is 86.5 Å². The van der Waals surface area contributed by atoms with E-state index >= 15 is 0 Å². The molecule has 5 nitrogen and oxygen atoms in total. The fraction of sp³-hybridized carbons (Fsp3) is 0.667. The van der Waals surface area contributed by atoms with Crippen LogP contribution in [0.2, 0.25) is 0 Å². The summed E-state index contributed by atoms with van der Waals surface area (Å²) < 4.78 is 0. The Balaban J connectivity index is 1.58. The monoisotopic (exact) mass is 478 g/mol. The highest BCUT2D eigenvalue weighted by Crippen LogP contribution is 2.75. The van der Waals surface area contributed by atoms with Crippen molar-refractivity contribution in [2.75, 3.05) is 6.54 Å². The minimum atomic E-state index is -0.437. The van der Waals surface area contributed by atoms with Crippen molar-refractivity contribution < 1.29 is 14.7 Å². The summed E-state index contributed by atoms with van der Waals surface area (Å²) in [5.41, 5.74) is 9.99. The summed E-state index contributed by atoms with van der Waals surface area (Å²) in [5.74, 6) is 0.161. The molecule has 0 bridgehead atoms. The predicted molar refractivity (Wildman–Crippen MR) is 139 cm³/mol. The van der Waals surface area contributed by atoms with Gasteiger partial charge in [-0.1, -0.05) is 52.3 Å². The Morgan fingerprint density at radius 2 is 1.74 bits per heavy atom. The van der Waals surface area contributed by atoms with Crippen LogP contribution in [0.3, 0.4) is 0 Å². The Kier molecular flexibility index (Phi) is 5.13.